The van der Waals surface area contributed by atoms with Crippen molar-refractivity contribution in [2.75, 3.05) is 18.8 Å². The minimum Gasteiger partial charge on any atom is -0.399 e. The van der Waals surface area contributed by atoms with Gasteiger partial charge in [0.1, 0.15) is 0 Å². The van der Waals surface area contributed by atoms with E-state index in [0.29, 0.717) is 17.2 Å². The molecule has 1 aliphatic carbocycles. The lowest BCUT2D eigenvalue weighted by molar-refractivity contribution is -0.133. The first-order valence-corrected chi connectivity index (χ1v) is 7.58. The molecule has 1 saturated heterocycles. The lowest BCUT2D eigenvalue weighted by Crippen LogP contribution is -2.47. The average molecular weight is 324 g/mol. The van der Waals surface area contributed by atoms with E-state index in [-0.39, 0.29) is 30.3 Å². The van der Waals surface area contributed by atoms with E-state index in [0.717, 1.165) is 38.8 Å². The van der Waals surface area contributed by atoms with Gasteiger partial charge in [-0.2, -0.15) is 0 Å². The molecular weight excluding hydrogens is 302 g/mol. The molecule has 1 heterocycles. The summed E-state index contributed by atoms with van der Waals surface area (Å²) in [5.74, 6) is 0.494. The molecule has 2 amide bonds. The zero-order valence-corrected chi connectivity index (χ0v) is 13.3. The molecule has 2 aliphatic rings. The fraction of sp³-hybridized carbons (Fsp3) is 0.500. The predicted octanol–water partition coefficient (Wildman–Crippen LogP) is 1.82. The van der Waals surface area contributed by atoms with Gasteiger partial charge in [0.15, 0.2) is 0 Å². The van der Waals surface area contributed by atoms with Gasteiger partial charge >= 0.3 is 0 Å². The molecule has 22 heavy (non-hydrogen) atoms. The van der Waals surface area contributed by atoms with Crippen LogP contribution in [-0.2, 0) is 4.79 Å². The van der Waals surface area contributed by atoms with Crippen molar-refractivity contribution in [3.05, 3.63) is 29.8 Å². The Hall–Kier alpha value is -1.75. The van der Waals surface area contributed by atoms with Crippen molar-refractivity contribution in [2.45, 2.75) is 31.7 Å². The average Bonchev–Trinajstić information content (AvgIpc) is 3.32. The minimum absolute atomic E-state index is 0. The summed E-state index contributed by atoms with van der Waals surface area (Å²) in [4.78, 5) is 26.1. The quantitative estimate of drug-likeness (QED) is 0.833. The van der Waals surface area contributed by atoms with Crippen molar-refractivity contribution in [3.63, 3.8) is 0 Å². The minimum atomic E-state index is -0.0886. The molecule has 3 N–H and O–H groups in total. The number of halogens is 1. The van der Waals surface area contributed by atoms with Gasteiger partial charge in [-0.05, 0) is 43.9 Å². The lowest BCUT2D eigenvalue weighted by atomic mass is 10.0. The number of piperidine rings is 1. The number of carbonyl (C=O) groups is 2. The molecule has 0 aromatic heterocycles. The normalized spacial score (nSPS) is 18.5. The second-order valence-corrected chi connectivity index (χ2v) is 5.97. The number of hydrogen-bond donors (Lipinski definition) is 2. The number of rotatable bonds is 3. The van der Waals surface area contributed by atoms with Crippen LogP contribution < -0.4 is 11.1 Å². The van der Waals surface area contributed by atoms with Crippen LogP contribution in [0.5, 0.6) is 0 Å². The molecule has 2 fully saturated rings. The standard InChI is InChI=1S/C16H21N3O2.ClH/c17-13-3-1-2-12(10-13)15(20)18-14-6-8-19(9-7-14)16(21)11-4-5-11;/h1-3,10-11,14H,4-9,17H2,(H,18,20);1H. The monoisotopic (exact) mass is 323 g/mol. The fourth-order valence-electron chi connectivity index (χ4n) is 2.78. The summed E-state index contributed by atoms with van der Waals surface area (Å²) in [7, 11) is 0. The van der Waals surface area contributed by atoms with Gasteiger partial charge in [-0.25, -0.2) is 0 Å². The fourth-order valence-corrected chi connectivity index (χ4v) is 2.78. The molecule has 1 aromatic rings. The first-order chi connectivity index (χ1) is 10.1. The number of nitrogens with two attached hydrogens (primary N) is 1. The summed E-state index contributed by atoms with van der Waals surface area (Å²) in [5, 5.41) is 3.03. The zero-order valence-electron chi connectivity index (χ0n) is 12.5. The van der Waals surface area contributed by atoms with Gasteiger partial charge in [-0.15, -0.1) is 12.4 Å². The third kappa shape index (κ3) is 3.91. The molecule has 1 aliphatic heterocycles. The highest BCUT2D eigenvalue weighted by atomic mass is 35.5. The molecule has 3 rings (SSSR count). The number of carbonyl (C=O) groups excluding carboxylic acids is 2. The second kappa shape index (κ2) is 7.01. The number of hydrogen-bond acceptors (Lipinski definition) is 3. The van der Waals surface area contributed by atoms with Crippen molar-refractivity contribution < 1.29 is 9.59 Å². The van der Waals surface area contributed by atoms with Gasteiger partial charge < -0.3 is 16.0 Å². The van der Waals surface area contributed by atoms with Crippen LogP contribution in [0.15, 0.2) is 24.3 Å². The first-order valence-electron chi connectivity index (χ1n) is 7.58. The summed E-state index contributed by atoms with van der Waals surface area (Å²) in [6, 6.07) is 7.13. The van der Waals surface area contributed by atoms with E-state index in [9.17, 15) is 9.59 Å². The number of nitrogen functional groups attached to an aromatic ring is 1. The summed E-state index contributed by atoms with van der Waals surface area (Å²) in [6.45, 7) is 1.49. The zero-order chi connectivity index (χ0) is 14.8. The molecule has 1 saturated carbocycles. The number of likely N-dealkylation sites (tertiary alicyclic amines) is 1. The molecular formula is C16H22ClN3O2. The van der Waals surface area contributed by atoms with E-state index in [4.69, 9.17) is 5.73 Å². The van der Waals surface area contributed by atoms with Crippen molar-refractivity contribution in [3.8, 4) is 0 Å². The Morgan fingerprint density at radius 2 is 1.82 bits per heavy atom. The molecule has 0 atom stereocenters. The summed E-state index contributed by atoms with van der Waals surface area (Å²) >= 11 is 0. The SMILES string of the molecule is Cl.Nc1cccc(C(=O)NC2CCN(C(=O)C3CC3)CC2)c1. The number of nitrogens with zero attached hydrogens (tertiary/aromatic N) is 1. The van der Waals surface area contributed by atoms with E-state index in [1.165, 1.54) is 0 Å². The maximum absolute atomic E-state index is 12.2. The maximum atomic E-state index is 12.2. The van der Waals surface area contributed by atoms with E-state index >= 15 is 0 Å². The van der Waals surface area contributed by atoms with E-state index in [1.807, 2.05) is 4.90 Å². The summed E-state index contributed by atoms with van der Waals surface area (Å²) in [6.07, 6.45) is 3.74. The number of anilines is 1. The van der Waals surface area contributed by atoms with Crippen LogP contribution in [0.2, 0.25) is 0 Å². The van der Waals surface area contributed by atoms with Gasteiger partial charge in [-0.1, -0.05) is 6.07 Å². The Morgan fingerprint density at radius 3 is 2.41 bits per heavy atom. The van der Waals surface area contributed by atoms with Crippen molar-refractivity contribution in [1.82, 2.24) is 10.2 Å². The smallest absolute Gasteiger partial charge is 0.251 e. The van der Waals surface area contributed by atoms with Crippen LogP contribution in [0.25, 0.3) is 0 Å². The van der Waals surface area contributed by atoms with Crippen molar-refractivity contribution in [2.24, 2.45) is 5.92 Å². The highest BCUT2D eigenvalue weighted by Gasteiger charge is 2.35. The second-order valence-electron chi connectivity index (χ2n) is 5.97. The first kappa shape index (κ1) is 16.6. The molecule has 6 heteroatoms. The predicted molar refractivity (Wildman–Crippen MR) is 87.9 cm³/mol. The third-order valence-corrected chi connectivity index (χ3v) is 4.22. The topological polar surface area (TPSA) is 75.4 Å². The Morgan fingerprint density at radius 1 is 1.14 bits per heavy atom. The van der Waals surface area contributed by atoms with Crippen LogP contribution in [0.3, 0.4) is 0 Å². The number of benzene rings is 1. The van der Waals surface area contributed by atoms with Crippen LogP contribution in [0.4, 0.5) is 5.69 Å². The molecule has 0 spiro atoms. The Labute approximate surface area is 136 Å². The van der Waals surface area contributed by atoms with Gasteiger partial charge in [0.2, 0.25) is 5.91 Å². The van der Waals surface area contributed by atoms with Gasteiger partial charge in [0, 0.05) is 36.3 Å². The molecule has 1 aromatic carbocycles. The Balaban J connectivity index is 0.00000176. The largest absolute Gasteiger partial charge is 0.399 e. The van der Waals surface area contributed by atoms with Crippen LogP contribution in [0.1, 0.15) is 36.0 Å². The van der Waals surface area contributed by atoms with E-state index < -0.39 is 0 Å². The van der Waals surface area contributed by atoms with Crippen molar-refractivity contribution in [1.29, 1.82) is 0 Å². The van der Waals surface area contributed by atoms with Crippen molar-refractivity contribution >= 4 is 29.9 Å². The van der Waals surface area contributed by atoms with E-state index in [2.05, 4.69) is 5.32 Å². The third-order valence-electron chi connectivity index (χ3n) is 4.22. The highest BCUT2D eigenvalue weighted by Crippen LogP contribution is 2.31. The Kier molecular flexibility index (Phi) is 5.29. The van der Waals surface area contributed by atoms with Crippen LogP contribution in [0, 0.1) is 5.92 Å². The van der Waals surface area contributed by atoms with Gasteiger partial charge in [0.25, 0.3) is 5.91 Å². The van der Waals surface area contributed by atoms with Gasteiger partial charge in [0.05, 0.1) is 0 Å². The summed E-state index contributed by atoms with van der Waals surface area (Å²) < 4.78 is 0. The van der Waals surface area contributed by atoms with E-state index in [1.54, 1.807) is 24.3 Å². The lowest BCUT2D eigenvalue weighted by Gasteiger charge is -2.32. The molecule has 0 radical (unpaired) electrons. The molecule has 0 bridgehead atoms. The number of nitrogens with one attached hydrogen (secondary N) is 1. The molecule has 0 unspecified atom stereocenters. The Bertz CT molecular complexity index is 552. The van der Waals surface area contributed by atoms with Gasteiger partial charge in [-0.3, -0.25) is 9.59 Å². The summed E-state index contributed by atoms with van der Waals surface area (Å²) in [5.41, 5.74) is 6.87. The van der Waals surface area contributed by atoms with Crippen LogP contribution >= 0.6 is 12.4 Å². The molecule has 120 valence electrons. The van der Waals surface area contributed by atoms with Crippen LogP contribution in [-0.4, -0.2) is 35.8 Å². The highest BCUT2D eigenvalue weighted by molar-refractivity contribution is 5.95. The molecule has 5 nitrogen and oxygen atoms in total. The maximum Gasteiger partial charge on any atom is 0.251 e. The number of amides is 2.